The first-order valence-electron chi connectivity index (χ1n) is 6.52. The first kappa shape index (κ1) is 11.7. The minimum Gasteiger partial charge on any atom is -0.390 e. The molecule has 2 nitrogen and oxygen atoms in total. The van der Waals surface area contributed by atoms with E-state index in [1.54, 1.807) is 0 Å². The van der Waals surface area contributed by atoms with Crippen molar-refractivity contribution in [3.05, 3.63) is 41.8 Å². The van der Waals surface area contributed by atoms with Crippen molar-refractivity contribution in [1.82, 2.24) is 0 Å². The van der Waals surface area contributed by atoms with Crippen molar-refractivity contribution in [2.24, 2.45) is 0 Å². The highest BCUT2D eigenvalue weighted by Crippen LogP contribution is 2.37. The van der Waals surface area contributed by atoms with E-state index in [1.807, 2.05) is 11.3 Å². The molecule has 0 aliphatic carbocycles. The van der Waals surface area contributed by atoms with E-state index >= 15 is 0 Å². The standard InChI is InChI=1S/C14H17BN2S/c1-3-16-12-8-5-6-9-13(12)17(4-2)15(16)14-10-7-11-18-14/h5-11H,3-4H2,1-2H3. The Bertz CT molecular complexity index is 495. The lowest BCUT2D eigenvalue weighted by Crippen LogP contribution is -2.55. The van der Waals surface area contributed by atoms with E-state index in [-0.39, 0.29) is 0 Å². The Morgan fingerprint density at radius 3 is 2.00 bits per heavy atom. The van der Waals surface area contributed by atoms with Crippen molar-refractivity contribution in [3.8, 4) is 0 Å². The molecule has 0 radical (unpaired) electrons. The summed E-state index contributed by atoms with van der Waals surface area (Å²) in [5, 5.41) is 2.17. The quantitative estimate of drug-likeness (QED) is 0.779. The van der Waals surface area contributed by atoms with Gasteiger partial charge in [0.1, 0.15) is 0 Å². The highest BCUT2D eigenvalue weighted by atomic mass is 32.1. The van der Waals surface area contributed by atoms with E-state index < -0.39 is 0 Å². The van der Waals surface area contributed by atoms with Gasteiger partial charge in [-0.15, -0.1) is 0 Å². The predicted molar refractivity (Wildman–Crippen MR) is 82.2 cm³/mol. The second-order valence-corrected chi connectivity index (χ2v) is 5.43. The summed E-state index contributed by atoms with van der Waals surface area (Å²) in [5.74, 6) is 0. The average molecular weight is 256 g/mol. The largest absolute Gasteiger partial charge is 0.421 e. The fraction of sp³-hybridized carbons (Fsp3) is 0.286. The molecule has 0 atom stereocenters. The molecule has 0 saturated carbocycles. The van der Waals surface area contributed by atoms with Crippen LogP contribution in [0.15, 0.2) is 41.8 Å². The molecule has 1 aromatic carbocycles. The summed E-state index contributed by atoms with van der Waals surface area (Å²) in [6.45, 7) is 6.91. The first-order chi connectivity index (χ1) is 8.86. The van der Waals surface area contributed by atoms with Gasteiger partial charge in [-0.3, -0.25) is 0 Å². The second-order valence-electron chi connectivity index (χ2n) is 4.45. The molecule has 1 aliphatic rings. The molecular formula is C14H17BN2S. The van der Waals surface area contributed by atoms with Gasteiger partial charge in [0, 0.05) is 29.2 Å². The van der Waals surface area contributed by atoms with Crippen molar-refractivity contribution in [2.75, 3.05) is 22.7 Å². The molecule has 92 valence electrons. The molecule has 0 fully saturated rings. The van der Waals surface area contributed by atoms with Crippen LogP contribution in [0.4, 0.5) is 11.4 Å². The fourth-order valence-electron chi connectivity index (χ4n) is 2.81. The molecular weight excluding hydrogens is 239 g/mol. The van der Waals surface area contributed by atoms with Crippen molar-refractivity contribution >= 4 is 34.5 Å². The smallest absolute Gasteiger partial charge is 0.390 e. The third-order valence-corrected chi connectivity index (χ3v) is 4.48. The van der Waals surface area contributed by atoms with Crippen LogP contribution in [0.5, 0.6) is 0 Å². The molecule has 2 heterocycles. The molecule has 0 N–H and O–H groups in total. The van der Waals surface area contributed by atoms with Crippen LogP contribution in [0.2, 0.25) is 0 Å². The van der Waals surface area contributed by atoms with Crippen molar-refractivity contribution in [1.29, 1.82) is 0 Å². The van der Waals surface area contributed by atoms with Gasteiger partial charge in [0.05, 0.1) is 0 Å². The Labute approximate surface area is 113 Å². The minimum absolute atomic E-state index is 0.373. The van der Waals surface area contributed by atoms with Gasteiger partial charge in [-0.1, -0.05) is 24.3 Å². The van der Waals surface area contributed by atoms with E-state index in [0.29, 0.717) is 6.98 Å². The number of hydrogen-bond donors (Lipinski definition) is 0. The normalized spacial score (nSPS) is 14.2. The Kier molecular flexibility index (Phi) is 3.04. The highest BCUT2D eigenvalue weighted by molar-refractivity contribution is 7.23. The fourth-order valence-corrected chi connectivity index (χ4v) is 3.66. The van der Waals surface area contributed by atoms with Gasteiger partial charge >= 0.3 is 6.98 Å². The van der Waals surface area contributed by atoms with E-state index in [9.17, 15) is 0 Å². The number of anilines is 2. The van der Waals surface area contributed by atoms with E-state index in [1.165, 1.54) is 16.2 Å². The number of benzene rings is 1. The summed E-state index contributed by atoms with van der Waals surface area (Å²) in [6.07, 6.45) is 0. The molecule has 0 amide bonds. The van der Waals surface area contributed by atoms with Gasteiger partial charge in [-0.05, 0) is 31.4 Å². The number of rotatable bonds is 3. The van der Waals surface area contributed by atoms with Gasteiger partial charge in [0.2, 0.25) is 0 Å². The Balaban J connectivity index is 2.10. The summed E-state index contributed by atoms with van der Waals surface area (Å²) in [5.41, 5.74) is 2.72. The van der Waals surface area contributed by atoms with Gasteiger partial charge in [0.15, 0.2) is 0 Å². The zero-order chi connectivity index (χ0) is 12.5. The van der Waals surface area contributed by atoms with Gasteiger partial charge < -0.3 is 9.62 Å². The Morgan fingerprint density at radius 1 is 0.944 bits per heavy atom. The summed E-state index contributed by atoms with van der Waals surface area (Å²) in [4.78, 5) is 4.98. The lowest BCUT2D eigenvalue weighted by Gasteiger charge is -2.27. The second kappa shape index (κ2) is 4.69. The highest BCUT2D eigenvalue weighted by Gasteiger charge is 2.40. The SMILES string of the molecule is CCN1B(c2cccs2)N(CC)c2ccccc21. The van der Waals surface area contributed by atoms with Crippen molar-refractivity contribution < 1.29 is 0 Å². The number of fused-ring (bicyclic) bond motifs is 1. The number of para-hydroxylation sites is 2. The summed E-state index contributed by atoms with van der Waals surface area (Å²) >= 11 is 1.85. The zero-order valence-electron chi connectivity index (χ0n) is 10.8. The van der Waals surface area contributed by atoms with Crippen LogP contribution in [0.25, 0.3) is 0 Å². The molecule has 18 heavy (non-hydrogen) atoms. The number of nitrogens with zero attached hydrogens (tertiary/aromatic N) is 2. The van der Waals surface area contributed by atoms with Crippen molar-refractivity contribution in [2.45, 2.75) is 13.8 Å². The third kappa shape index (κ3) is 1.63. The number of thiophene rings is 1. The monoisotopic (exact) mass is 256 g/mol. The third-order valence-electron chi connectivity index (χ3n) is 3.57. The Hall–Kier alpha value is -1.42. The van der Waals surface area contributed by atoms with E-state index in [4.69, 9.17) is 0 Å². The first-order valence-corrected chi connectivity index (χ1v) is 7.40. The topological polar surface area (TPSA) is 6.48 Å². The van der Waals surface area contributed by atoms with Crippen LogP contribution in [-0.4, -0.2) is 20.1 Å². The zero-order valence-corrected chi connectivity index (χ0v) is 11.7. The maximum absolute atomic E-state index is 2.49. The van der Waals surface area contributed by atoms with Crippen LogP contribution in [-0.2, 0) is 0 Å². The lowest BCUT2D eigenvalue weighted by atomic mass is 9.71. The molecule has 0 saturated heterocycles. The minimum atomic E-state index is 0.373. The number of hydrogen-bond acceptors (Lipinski definition) is 3. The van der Waals surface area contributed by atoms with Crippen LogP contribution in [0.3, 0.4) is 0 Å². The summed E-state index contributed by atoms with van der Waals surface area (Å²) in [7, 11) is 0. The molecule has 1 aliphatic heterocycles. The van der Waals surface area contributed by atoms with Gasteiger partial charge in [-0.25, -0.2) is 0 Å². The van der Waals surface area contributed by atoms with Crippen LogP contribution in [0.1, 0.15) is 13.8 Å². The van der Waals surface area contributed by atoms with E-state index in [2.05, 4.69) is 65.2 Å². The average Bonchev–Trinajstić information content (AvgIpc) is 3.03. The van der Waals surface area contributed by atoms with Crippen molar-refractivity contribution in [3.63, 3.8) is 0 Å². The van der Waals surface area contributed by atoms with E-state index in [0.717, 1.165) is 13.1 Å². The Morgan fingerprint density at radius 2 is 1.56 bits per heavy atom. The maximum atomic E-state index is 2.49. The molecule has 0 spiro atoms. The summed E-state index contributed by atoms with van der Waals surface area (Å²) < 4.78 is 1.43. The molecule has 0 bridgehead atoms. The molecule has 2 aromatic rings. The van der Waals surface area contributed by atoms with Crippen LogP contribution < -0.4 is 14.4 Å². The van der Waals surface area contributed by atoms with Gasteiger partial charge in [0.25, 0.3) is 0 Å². The molecule has 3 rings (SSSR count). The van der Waals surface area contributed by atoms with Crippen LogP contribution >= 0.6 is 11.3 Å². The molecule has 4 heteroatoms. The molecule has 1 aromatic heterocycles. The van der Waals surface area contributed by atoms with Crippen LogP contribution in [0, 0.1) is 0 Å². The lowest BCUT2D eigenvalue weighted by molar-refractivity contribution is 1.06. The predicted octanol–water partition coefficient (Wildman–Crippen LogP) is 2.81. The maximum Gasteiger partial charge on any atom is 0.421 e. The summed E-state index contributed by atoms with van der Waals surface area (Å²) in [6, 6.07) is 13.1. The van der Waals surface area contributed by atoms with Gasteiger partial charge in [-0.2, -0.15) is 11.3 Å². The molecule has 0 unspecified atom stereocenters.